The van der Waals surface area contributed by atoms with Gasteiger partial charge in [-0.25, -0.2) is 0 Å². The van der Waals surface area contributed by atoms with E-state index in [0.29, 0.717) is 64.5 Å². The number of thiol groups is 1. The number of nitrogens with one attached hydrogen (secondary N) is 5. The standard InChI is InChI=1S/C34H51N9O10S/c44-26(39-21(19-54)33(52)42-14-3-8-23(42)31(50)38-18-28(46)47)16-36-29(48)24-9-4-15-43(24)34(53)25-10-5-12-40(25)27(45)17-37-30(49)22-7-2-13-41(22)32(51)20-6-1-11-35-20/h20-25,35,54H,1-19H2,(H,36,48)(H,37,49)(H,38,50)(H,39,44)(H,46,47)/t20-,21-,22-,23-,24-,25-/m0/s1. The lowest BCUT2D eigenvalue weighted by Gasteiger charge is -2.31. The molecule has 54 heavy (non-hydrogen) atoms. The molecule has 5 fully saturated rings. The quantitative estimate of drug-likeness (QED) is 0.0856. The van der Waals surface area contributed by atoms with Gasteiger partial charge in [-0.3, -0.25) is 43.2 Å². The molecule has 0 aromatic carbocycles. The van der Waals surface area contributed by atoms with Crippen molar-refractivity contribution in [2.45, 2.75) is 100 Å². The predicted molar refractivity (Wildman–Crippen MR) is 192 cm³/mol. The van der Waals surface area contributed by atoms with Gasteiger partial charge in [0.1, 0.15) is 36.8 Å². The molecule has 0 saturated carbocycles. The van der Waals surface area contributed by atoms with Crippen molar-refractivity contribution in [2.24, 2.45) is 0 Å². The SMILES string of the molecule is O=C(O)CNC(=O)[C@@H]1CCCN1C(=O)[C@H](CS)NC(=O)CNC(=O)[C@@H]1CCCN1C(=O)[C@@H]1CCCN1C(=O)CNC(=O)[C@@H]1CCCN1C(=O)[C@@H]1CCCN1. The Morgan fingerprint density at radius 2 is 1.11 bits per heavy atom. The van der Waals surface area contributed by atoms with Crippen LogP contribution in [-0.4, -0.2) is 172 Å². The molecule has 0 spiro atoms. The number of likely N-dealkylation sites (tertiary alicyclic amines) is 4. The van der Waals surface area contributed by atoms with Crippen molar-refractivity contribution in [1.29, 1.82) is 0 Å². The molecule has 5 rings (SSSR count). The summed E-state index contributed by atoms with van der Waals surface area (Å²) in [6.45, 7) is 0.673. The van der Waals surface area contributed by atoms with Crippen molar-refractivity contribution in [3.05, 3.63) is 0 Å². The van der Waals surface area contributed by atoms with Crippen LogP contribution in [0.15, 0.2) is 0 Å². The Kier molecular flexibility index (Phi) is 14.1. The first-order valence-corrected chi connectivity index (χ1v) is 19.4. The zero-order valence-corrected chi connectivity index (χ0v) is 31.2. The minimum Gasteiger partial charge on any atom is -0.480 e. The van der Waals surface area contributed by atoms with Crippen molar-refractivity contribution < 1.29 is 48.3 Å². The number of carboxylic acid groups (broad SMARTS) is 1. The fourth-order valence-corrected chi connectivity index (χ4v) is 8.34. The Morgan fingerprint density at radius 3 is 1.67 bits per heavy atom. The molecule has 5 aliphatic rings. The molecule has 0 radical (unpaired) electrons. The molecule has 0 bridgehead atoms. The summed E-state index contributed by atoms with van der Waals surface area (Å²) in [5.41, 5.74) is 0. The van der Waals surface area contributed by atoms with Gasteiger partial charge in [-0.15, -0.1) is 0 Å². The average molecular weight is 778 g/mol. The molecule has 8 amide bonds. The summed E-state index contributed by atoms with van der Waals surface area (Å²) in [4.78, 5) is 121. The minimum absolute atomic E-state index is 0.0967. The lowest BCUT2D eigenvalue weighted by atomic mass is 10.1. The number of amides is 8. The maximum absolute atomic E-state index is 13.8. The van der Waals surface area contributed by atoms with Crippen LogP contribution in [0.2, 0.25) is 0 Å². The number of carboxylic acids is 1. The van der Waals surface area contributed by atoms with E-state index in [0.717, 1.165) is 19.4 Å². The molecule has 19 nitrogen and oxygen atoms in total. The lowest BCUT2D eigenvalue weighted by molar-refractivity contribution is -0.147. The Labute approximate surface area is 318 Å². The second-order valence-electron chi connectivity index (χ2n) is 14.3. The van der Waals surface area contributed by atoms with E-state index in [2.05, 4.69) is 39.2 Å². The third kappa shape index (κ3) is 9.60. The highest BCUT2D eigenvalue weighted by atomic mass is 32.1. The van der Waals surface area contributed by atoms with E-state index in [4.69, 9.17) is 5.11 Å². The third-order valence-corrected chi connectivity index (χ3v) is 11.2. The van der Waals surface area contributed by atoms with E-state index in [1.54, 1.807) is 4.90 Å². The molecule has 6 atom stereocenters. The first kappa shape index (κ1) is 40.7. The minimum atomic E-state index is -1.22. The van der Waals surface area contributed by atoms with Gasteiger partial charge in [0.15, 0.2) is 0 Å². The van der Waals surface area contributed by atoms with Crippen LogP contribution in [0.25, 0.3) is 0 Å². The normalized spacial score (nSPS) is 25.7. The second-order valence-corrected chi connectivity index (χ2v) is 14.7. The summed E-state index contributed by atoms with van der Waals surface area (Å²) in [5, 5.41) is 22.0. The van der Waals surface area contributed by atoms with E-state index in [1.165, 1.54) is 14.7 Å². The Balaban J connectivity index is 1.09. The largest absolute Gasteiger partial charge is 0.480 e. The number of aliphatic carboxylic acids is 1. The van der Waals surface area contributed by atoms with Crippen molar-refractivity contribution in [3.63, 3.8) is 0 Å². The summed E-state index contributed by atoms with van der Waals surface area (Å²) < 4.78 is 0. The number of rotatable bonds is 14. The molecule has 5 saturated heterocycles. The summed E-state index contributed by atoms with van der Waals surface area (Å²) in [5.74, 6) is -5.06. The van der Waals surface area contributed by atoms with Crippen LogP contribution in [-0.2, 0) is 43.2 Å². The molecule has 0 unspecified atom stereocenters. The van der Waals surface area contributed by atoms with Gasteiger partial charge < -0.3 is 51.3 Å². The van der Waals surface area contributed by atoms with Crippen LogP contribution in [0.3, 0.4) is 0 Å². The van der Waals surface area contributed by atoms with Crippen molar-refractivity contribution in [2.75, 3.05) is 58.1 Å². The van der Waals surface area contributed by atoms with Crippen LogP contribution >= 0.6 is 12.6 Å². The van der Waals surface area contributed by atoms with Gasteiger partial charge in [0, 0.05) is 31.9 Å². The van der Waals surface area contributed by atoms with E-state index < -0.39 is 84.7 Å². The van der Waals surface area contributed by atoms with Gasteiger partial charge in [0.25, 0.3) is 0 Å². The smallest absolute Gasteiger partial charge is 0.322 e. The van der Waals surface area contributed by atoms with Crippen molar-refractivity contribution >= 4 is 65.9 Å². The highest BCUT2D eigenvalue weighted by Crippen LogP contribution is 2.26. The fraction of sp³-hybridized carbons (Fsp3) is 0.735. The van der Waals surface area contributed by atoms with Crippen LogP contribution in [0, 0.1) is 0 Å². The first-order chi connectivity index (χ1) is 25.9. The van der Waals surface area contributed by atoms with Crippen molar-refractivity contribution in [1.82, 2.24) is 46.2 Å². The Bertz CT molecular complexity index is 1490. The zero-order chi connectivity index (χ0) is 38.9. The molecule has 5 heterocycles. The van der Waals surface area contributed by atoms with Gasteiger partial charge in [-0.1, -0.05) is 0 Å². The van der Waals surface area contributed by atoms with Crippen LogP contribution in [0.5, 0.6) is 0 Å². The maximum atomic E-state index is 13.8. The summed E-state index contributed by atoms with van der Waals surface area (Å²) in [6.07, 6.45) is 5.52. The maximum Gasteiger partial charge on any atom is 0.322 e. The molecular formula is C34H51N9O10S. The van der Waals surface area contributed by atoms with E-state index in [-0.39, 0.29) is 43.2 Å². The zero-order valence-electron chi connectivity index (χ0n) is 30.3. The first-order valence-electron chi connectivity index (χ1n) is 18.8. The molecule has 20 heteroatoms. The van der Waals surface area contributed by atoms with Gasteiger partial charge in [0.2, 0.25) is 47.3 Å². The van der Waals surface area contributed by atoms with E-state index in [9.17, 15) is 43.2 Å². The van der Waals surface area contributed by atoms with E-state index >= 15 is 0 Å². The number of nitrogens with zero attached hydrogens (tertiary/aromatic N) is 4. The average Bonchev–Trinajstić information content (AvgIpc) is 4.01. The molecule has 5 aliphatic heterocycles. The number of hydrogen-bond acceptors (Lipinski definition) is 11. The molecule has 0 aromatic heterocycles. The van der Waals surface area contributed by atoms with Crippen LogP contribution in [0.4, 0.5) is 0 Å². The Hall–Kier alpha value is -4.46. The fourth-order valence-electron chi connectivity index (χ4n) is 8.10. The second kappa shape index (κ2) is 18.7. The predicted octanol–water partition coefficient (Wildman–Crippen LogP) is -3.45. The summed E-state index contributed by atoms with van der Waals surface area (Å²) in [6, 6.07) is -4.63. The summed E-state index contributed by atoms with van der Waals surface area (Å²) in [7, 11) is 0. The highest BCUT2D eigenvalue weighted by molar-refractivity contribution is 7.80. The lowest BCUT2D eigenvalue weighted by Crippen LogP contribution is -2.56. The van der Waals surface area contributed by atoms with Gasteiger partial charge >= 0.3 is 5.97 Å². The molecule has 298 valence electrons. The third-order valence-electron chi connectivity index (χ3n) is 10.8. The Morgan fingerprint density at radius 1 is 0.611 bits per heavy atom. The number of carbonyl (C=O) groups is 9. The van der Waals surface area contributed by atoms with Gasteiger partial charge in [0.05, 0.1) is 19.1 Å². The van der Waals surface area contributed by atoms with Gasteiger partial charge in [-0.2, -0.15) is 12.6 Å². The number of carbonyl (C=O) groups excluding carboxylic acids is 8. The molecular weight excluding hydrogens is 726 g/mol. The van der Waals surface area contributed by atoms with Crippen LogP contribution < -0.4 is 26.6 Å². The number of hydrogen-bond donors (Lipinski definition) is 7. The van der Waals surface area contributed by atoms with Gasteiger partial charge in [-0.05, 0) is 70.8 Å². The molecule has 0 aromatic rings. The monoisotopic (exact) mass is 777 g/mol. The highest BCUT2D eigenvalue weighted by Gasteiger charge is 2.43. The topological polar surface area (TPSA) is 247 Å². The van der Waals surface area contributed by atoms with E-state index in [1.807, 2.05) is 0 Å². The summed E-state index contributed by atoms with van der Waals surface area (Å²) >= 11 is 4.18. The van der Waals surface area contributed by atoms with Crippen molar-refractivity contribution in [3.8, 4) is 0 Å². The van der Waals surface area contributed by atoms with Crippen LogP contribution in [0.1, 0.15) is 64.2 Å². The molecule has 0 aliphatic carbocycles. The molecule has 6 N–H and O–H groups in total.